The Labute approximate surface area is 113 Å². The zero-order valence-corrected chi connectivity index (χ0v) is 11.3. The molecule has 1 N–H and O–H groups in total. The zero-order chi connectivity index (χ0) is 13.8. The van der Waals surface area contributed by atoms with Crippen LogP contribution in [0.4, 0.5) is 4.79 Å². The SMILES string of the molecule is CCC(c1cccn(C(=O)O)c1=O)C1CCCCC1. The van der Waals surface area contributed by atoms with E-state index < -0.39 is 6.09 Å². The smallest absolute Gasteiger partial charge is 0.418 e. The molecule has 0 amide bonds. The standard InChI is InChI=1S/C15H21NO3/c1-2-12(11-7-4-3-5-8-11)13-9-6-10-16(14(13)17)15(18)19/h6,9-12H,2-5,7-8H2,1H3,(H,18,19). The minimum Gasteiger partial charge on any atom is -0.464 e. The molecule has 1 aliphatic carbocycles. The summed E-state index contributed by atoms with van der Waals surface area (Å²) in [6.07, 6.45) is 7.04. The molecule has 1 aromatic heterocycles. The largest absolute Gasteiger partial charge is 0.464 e. The van der Waals surface area contributed by atoms with Crippen LogP contribution in [-0.2, 0) is 0 Å². The Kier molecular flexibility index (Phi) is 4.40. The van der Waals surface area contributed by atoms with E-state index in [1.54, 1.807) is 12.1 Å². The summed E-state index contributed by atoms with van der Waals surface area (Å²) in [4.78, 5) is 23.3. The van der Waals surface area contributed by atoms with E-state index in [1.807, 2.05) is 0 Å². The van der Waals surface area contributed by atoms with Gasteiger partial charge in [0.1, 0.15) is 0 Å². The van der Waals surface area contributed by atoms with Crippen LogP contribution in [0.2, 0.25) is 0 Å². The van der Waals surface area contributed by atoms with E-state index in [9.17, 15) is 9.59 Å². The molecule has 4 nitrogen and oxygen atoms in total. The van der Waals surface area contributed by atoms with Gasteiger partial charge in [0.15, 0.2) is 0 Å². The van der Waals surface area contributed by atoms with Crippen LogP contribution in [0.1, 0.15) is 56.9 Å². The Balaban J connectivity index is 2.35. The third kappa shape index (κ3) is 2.88. The minimum atomic E-state index is -1.20. The molecule has 1 unspecified atom stereocenters. The highest BCUT2D eigenvalue weighted by Crippen LogP contribution is 2.36. The normalized spacial score (nSPS) is 18.2. The molecular weight excluding hydrogens is 242 g/mol. The molecule has 0 saturated heterocycles. The number of aromatic nitrogens is 1. The summed E-state index contributed by atoms with van der Waals surface area (Å²) < 4.78 is 0.792. The molecule has 2 rings (SSSR count). The molecule has 1 saturated carbocycles. The number of carboxylic acid groups (broad SMARTS) is 1. The van der Waals surface area contributed by atoms with E-state index in [4.69, 9.17) is 5.11 Å². The highest BCUT2D eigenvalue weighted by molar-refractivity contribution is 5.67. The Morgan fingerprint density at radius 1 is 1.42 bits per heavy atom. The van der Waals surface area contributed by atoms with Gasteiger partial charge in [-0.1, -0.05) is 32.3 Å². The fourth-order valence-corrected chi connectivity index (χ4v) is 3.29. The van der Waals surface area contributed by atoms with Crippen LogP contribution in [0.15, 0.2) is 23.1 Å². The van der Waals surface area contributed by atoms with E-state index in [2.05, 4.69) is 6.92 Å². The third-order valence-electron chi connectivity index (χ3n) is 4.24. The van der Waals surface area contributed by atoms with Crippen molar-refractivity contribution in [1.82, 2.24) is 4.57 Å². The average molecular weight is 263 g/mol. The van der Waals surface area contributed by atoms with Crippen LogP contribution < -0.4 is 5.56 Å². The molecule has 1 aliphatic rings. The first-order chi connectivity index (χ1) is 9.15. The van der Waals surface area contributed by atoms with Crippen LogP contribution >= 0.6 is 0 Å². The molecule has 1 atom stereocenters. The van der Waals surface area contributed by atoms with Gasteiger partial charge in [-0.25, -0.2) is 9.36 Å². The van der Waals surface area contributed by atoms with Crippen molar-refractivity contribution >= 4 is 6.09 Å². The second kappa shape index (κ2) is 6.04. The third-order valence-corrected chi connectivity index (χ3v) is 4.24. The highest BCUT2D eigenvalue weighted by atomic mass is 16.4. The Hall–Kier alpha value is -1.58. The van der Waals surface area contributed by atoms with Gasteiger partial charge < -0.3 is 5.11 Å². The van der Waals surface area contributed by atoms with Crippen LogP contribution in [0.25, 0.3) is 0 Å². The van der Waals surface area contributed by atoms with E-state index in [-0.39, 0.29) is 11.5 Å². The molecule has 0 aromatic carbocycles. The molecule has 1 fully saturated rings. The molecule has 0 aliphatic heterocycles. The number of rotatable bonds is 3. The summed E-state index contributed by atoms with van der Waals surface area (Å²) in [5.74, 6) is 0.718. The van der Waals surface area contributed by atoms with Gasteiger partial charge in [0.2, 0.25) is 0 Å². The lowest BCUT2D eigenvalue weighted by molar-refractivity contribution is 0.195. The van der Waals surface area contributed by atoms with Crippen molar-refractivity contribution < 1.29 is 9.90 Å². The summed E-state index contributed by atoms with van der Waals surface area (Å²) >= 11 is 0. The number of hydrogen-bond donors (Lipinski definition) is 1. The van der Waals surface area contributed by atoms with E-state index in [0.717, 1.165) is 23.8 Å². The molecule has 4 heteroatoms. The molecule has 0 spiro atoms. The van der Waals surface area contributed by atoms with Crippen molar-refractivity contribution in [2.45, 2.75) is 51.4 Å². The molecule has 19 heavy (non-hydrogen) atoms. The highest BCUT2D eigenvalue weighted by Gasteiger charge is 2.26. The maximum absolute atomic E-state index is 12.2. The number of hydrogen-bond acceptors (Lipinski definition) is 2. The molecular formula is C15H21NO3. The van der Waals surface area contributed by atoms with Crippen LogP contribution in [0.5, 0.6) is 0 Å². The fraction of sp³-hybridized carbons (Fsp3) is 0.600. The summed E-state index contributed by atoms with van der Waals surface area (Å²) in [6.45, 7) is 2.08. The van der Waals surface area contributed by atoms with Gasteiger partial charge in [-0.05, 0) is 37.2 Å². The summed E-state index contributed by atoms with van der Waals surface area (Å²) in [6, 6.07) is 3.46. The first-order valence-corrected chi connectivity index (χ1v) is 7.10. The Morgan fingerprint density at radius 2 is 2.11 bits per heavy atom. The number of nitrogens with zero attached hydrogens (tertiary/aromatic N) is 1. The van der Waals surface area contributed by atoms with Gasteiger partial charge in [0.05, 0.1) is 0 Å². The second-order valence-electron chi connectivity index (χ2n) is 5.33. The molecule has 1 heterocycles. The Morgan fingerprint density at radius 3 is 2.68 bits per heavy atom. The van der Waals surface area contributed by atoms with E-state index in [0.29, 0.717) is 11.5 Å². The van der Waals surface area contributed by atoms with Crippen molar-refractivity contribution in [3.8, 4) is 0 Å². The van der Waals surface area contributed by atoms with Crippen molar-refractivity contribution in [2.75, 3.05) is 0 Å². The van der Waals surface area contributed by atoms with Crippen LogP contribution in [0, 0.1) is 5.92 Å². The lowest BCUT2D eigenvalue weighted by Crippen LogP contribution is -2.31. The van der Waals surface area contributed by atoms with Crippen molar-refractivity contribution in [2.24, 2.45) is 5.92 Å². The van der Waals surface area contributed by atoms with Crippen molar-refractivity contribution in [3.63, 3.8) is 0 Å². The summed E-state index contributed by atoms with van der Waals surface area (Å²) in [7, 11) is 0. The van der Waals surface area contributed by atoms with Gasteiger partial charge in [0.25, 0.3) is 5.56 Å². The second-order valence-corrected chi connectivity index (χ2v) is 5.33. The van der Waals surface area contributed by atoms with Crippen LogP contribution in [-0.4, -0.2) is 15.8 Å². The number of carbonyl (C=O) groups is 1. The van der Waals surface area contributed by atoms with Gasteiger partial charge in [-0.3, -0.25) is 4.79 Å². The average Bonchev–Trinajstić information content (AvgIpc) is 2.42. The Bertz CT molecular complexity index is 500. The lowest BCUT2D eigenvalue weighted by atomic mass is 9.76. The number of pyridine rings is 1. The van der Waals surface area contributed by atoms with Gasteiger partial charge in [-0.15, -0.1) is 0 Å². The fourth-order valence-electron chi connectivity index (χ4n) is 3.29. The predicted octanol–water partition coefficient (Wildman–Crippen LogP) is 3.45. The first-order valence-electron chi connectivity index (χ1n) is 7.10. The zero-order valence-electron chi connectivity index (χ0n) is 11.3. The molecule has 1 aromatic rings. The quantitative estimate of drug-likeness (QED) is 0.908. The molecule has 104 valence electrons. The first kappa shape index (κ1) is 13.8. The van der Waals surface area contributed by atoms with Crippen molar-refractivity contribution in [3.05, 3.63) is 34.2 Å². The molecule has 0 bridgehead atoms. The van der Waals surface area contributed by atoms with E-state index >= 15 is 0 Å². The topological polar surface area (TPSA) is 59.3 Å². The van der Waals surface area contributed by atoms with Crippen molar-refractivity contribution in [1.29, 1.82) is 0 Å². The lowest BCUT2D eigenvalue weighted by Gasteiger charge is -2.29. The van der Waals surface area contributed by atoms with Gasteiger partial charge in [0, 0.05) is 11.8 Å². The maximum Gasteiger partial charge on any atom is 0.418 e. The predicted molar refractivity (Wildman–Crippen MR) is 73.7 cm³/mol. The van der Waals surface area contributed by atoms with Gasteiger partial charge >= 0.3 is 6.09 Å². The van der Waals surface area contributed by atoms with Gasteiger partial charge in [-0.2, -0.15) is 0 Å². The minimum absolute atomic E-state index is 0.194. The monoisotopic (exact) mass is 263 g/mol. The summed E-state index contributed by atoms with van der Waals surface area (Å²) in [5, 5.41) is 9.02. The van der Waals surface area contributed by atoms with E-state index in [1.165, 1.54) is 25.5 Å². The maximum atomic E-state index is 12.2. The van der Waals surface area contributed by atoms with Crippen LogP contribution in [0.3, 0.4) is 0 Å². The molecule has 0 radical (unpaired) electrons. The summed E-state index contributed by atoms with van der Waals surface area (Å²) in [5.41, 5.74) is 0.298.